The monoisotopic (exact) mass is 336 g/mol. The predicted molar refractivity (Wildman–Crippen MR) is 67.0 cm³/mol. The largest absolute Gasteiger partial charge is 0.433 e. The van der Waals surface area contributed by atoms with Crippen LogP contribution in [0.3, 0.4) is 0 Å². The van der Waals surface area contributed by atoms with Crippen molar-refractivity contribution in [3.05, 3.63) is 35.8 Å². The van der Waals surface area contributed by atoms with Crippen LogP contribution in [0.1, 0.15) is 16.2 Å². The van der Waals surface area contributed by atoms with E-state index in [0.717, 1.165) is 25.4 Å². The fraction of sp³-hybridized carbons (Fsp3) is 0.250. The minimum atomic E-state index is -4.61. The van der Waals surface area contributed by atoms with Crippen molar-refractivity contribution in [2.24, 2.45) is 7.05 Å². The van der Waals surface area contributed by atoms with Crippen molar-refractivity contribution in [3.63, 3.8) is 0 Å². The van der Waals surface area contributed by atoms with E-state index in [2.05, 4.69) is 20.1 Å². The van der Waals surface area contributed by atoms with E-state index < -0.39 is 24.4 Å². The summed E-state index contributed by atoms with van der Waals surface area (Å²) in [4.78, 5) is 15.4. The molecule has 2 aromatic rings. The normalized spacial score (nSPS) is 11.6. The fourth-order valence-electron chi connectivity index (χ4n) is 1.66. The smallest absolute Gasteiger partial charge is 0.433 e. The Morgan fingerprint density at radius 1 is 1.35 bits per heavy atom. The number of nitrogens with one attached hydrogen (secondary N) is 1. The maximum Gasteiger partial charge on any atom is 0.433 e. The van der Waals surface area contributed by atoms with Gasteiger partial charge in [-0.3, -0.25) is 9.48 Å². The van der Waals surface area contributed by atoms with Crippen LogP contribution < -0.4 is 10.1 Å². The van der Waals surface area contributed by atoms with Gasteiger partial charge in [0.1, 0.15) is 17.1 Å². The van der Waals surface area contributed by atoms with Crippen LogP contribution in [0.4, 0.5) is 27.8 Å². The zero-order chi connectivity index (χ0) is 17.2. The number of aryl methyl sites for hydroxylation is 1. The first kappa shape index (κ1) is 16.6. The van der Waals surface area contributed by atoms with Gasteiger partial charge >= 0.3 is 12.8 Å². The molecular weight excluding hydrogens is 327 g/mol. The van der Waals surface area contributed by atoms with Crippen molar-refractivity contribution in [3.8, 4) is 5.75 Å². The van der Waals surface area contributed by atoms with Crippen LogP contribution in [0, 0.1) is 0 Å². The van der Waals surface area contributed by atoms with Gasteiger partial charge in [0.2, 0.25) is 0 Å². The van der Waals surface area contributed by atoms with E-state index in [4.69, 9.17) is 0 Å². The topological polar surface area (TPSA) is 69.0 Å². The Morgan fingerprint density at radius 3 is 2.52 bits per heavy atom. The van der Waals surface area contributed by atoms with Crippen LogP contribution in [-0.4, -0.2) is 27.3 Å². The molecule has 2 rings (SSSR count). The molecule has 0 saturated heterocycles. The molecular formula is C12H9F5N4O2. The number of halogens is 5. The van der Waals surface area contributed by atoms with E-state index in [1.165, 1.54) is 0 Å². The van der Waals surface area contributed by atoms with Gasteiger partial charge in [0, 0.05) is 13.1 Å². The molecule has 6 nitrogen and oxygen atoms in total. The van der Waals surface area contributed by atoms with E-state index in [-0.39, 0.29) is 17.3 Å². The molecule has 1 amide bonds. The van der Waals surface area contributed by atoms with Crippen molar-refractivity contribution in [1.29, 1.82) is 0 Å². The third-order valence-electron chi connectivity index (χ3n) is 2.61. The number of hydrogen-bond donors (Lipinski definition) is 1. The molecule has 0 fully saturated rings. The van der Waals surface area contributed by atoms with Gasteiger partial charge < -0.3 is 10.1 Å². The van der Waals surface area contributed by atoms with Crippen LogP contribution in [0.15, 0.2) is 24.4 Å². The molecule has 11 heteroatoms. The lowest BCUT2D eigenvalue weighted by Crippen LogP contribution is -2.14. The van der Waals surface area contributed by atoms with Gasteiger partial charge in [-0.05, 0) is 12.1 Å². The number of anilines is 1. The number of carbonyl (C=O) groups is 1. The Kier molecular flexibility index (Phi) is 4.48. The van der Waals surface area contributed by atoms with Crippen molar-refractivity contribution >= 4 is 11.7 Å². The Balaban J connectivity index is 2.10. The lowest BCUT2D eigenvalue weighted by atomic mass is 10.3. The first-order valence-corrected chi connectivity index (χ1v) is 6.00. The maximum absolute atomic E-state index is 12.6. The molecule has 0 spiro atoms. The summed E-state index contributed by atoms with van der Waals surface area (Å²) < 4.78 is 66.4. The van der Waals surface area contributed by atoms with Crippen molar-refractivity contribution in [1.82, 2.24) is 14.8 Å². The van der Waals surface area contributed by atoms with E-state index in [1.807, 2.05) is 0 Å². The summed E-state index contributed by atoms with van der Waals surface area (Å²) >= 11 is 0. The van der Waals surface area contributed by atoms with Crippen molar-refractivity contribution in [2.75, 3.05) is 5.32 Å². The number of pyridine rings is 1. The second kappa shape index (κ2) is 6.18. The van der Waals surface area contributed by atoms with Gasteiger partial charge in [-0.2, -0.15) is 27.1 Å². The van der Waals surface area contributed by atoms with Crippen LogP contribution in [0.2, 0.25) is 0 Å². The molecule has 2 heterocycles. The first-order valence-electron chi connectivity index (χ1n) is 6.00. The van der Waals surface area contributed by atoms with Gasteiger partial charge in [-0.25, -0.2) is 4.98 Å². The molecule has 23 heavy (non-hydrogen) atoms. The summed E-state index contributed by atoms with van der Waals surface area (Å²) in [5.41, 5.74) is -1.24. The second-order valence-electron chi connectivity index (χ2n) is 4.25. The summed E-state index contributed by atoms with van der Waals surface area (Å²) in [6.07, 6.45) is -3.72. The molecule has 2 aromatic heterocycles. The van der Waals surface area contributed by atoms with Gasteiger partial charge in [-0.1, -0.05) is 0 Å². The van der Waals surface area contributed by atoms with Gasteiger partial charge in [0.25, 0.3) is 5.91 Å². The molecule has 124 valence electrons. The number of nitrogens with zero attached hydrogens (tertiary/aromatic N) is 3. The average molecular weight is 336 g/mol. The van der Waals surface area contributed by atoms with Crippen LogP contribution in [0.5, 0.6) is 5.75 Å². The highest BCUT2D eigenvalue weighted by Gasteiger charge is 2.35. The van der Waals surface area contributed by atoms with Crippen LogP contribution in [0.25, 0.3) is 0 Å². The van der Waals surface area contributed by atoms with E-state index >= 15 is 0 Å². The van der Waals surface area contributed by atoms with Crippen molar-refractivity contribution in [2.45, 2.75) is 12.8 Å². The molecule has 0 unspecified atom stereocenters. The molecule has 0 aliphatic carbocycles. The third kappa shape index (κ3) is 4.14. The third-order valence-corrected chi connectivity index (χ3v) is 2.61. The Bertz CT molecular complexity index is 696. The average Bonchev–Trinajstić information content (AvgIpc) is 2.79. The summed E-state index contributed by atoms with van der Waals surface area (Å²) in [6.45, 7) is -3.04. The standard InChI is InChI=1S/C12H9F5N4O2/c1-21-8(12(15,16)17)4-9(20-21)19-10(22)7-3-2-6(5-18-7)23-11(13)14/h2-5,11H,1H3,(H,19,20,22). The minimum Gasteiger partial charge on any atom is -0.433 e. The molecule has 0 aromatic carbocycles. The Morgan fingerprint density at radius 2 is 2.04 bits per heavy atom. The lowest BCUT2D eigenvalue weighted by Gasteiger charge is -2.05. The number of carbonyl (C=O) groups excluding carboxylic acids is 1. The van der Waals surface area contributed by atoms with Crippen LogP contribution >= 0.6 is 0 Å². The van der Waals surface area contributed by atoms with Crippen molar-refractivity contribution < 1.29 is 31.5 Å². The summed E-state index contributed by atoms with van der Waals surface area (Å²) in [6, 6.07) is 2.82. The molecule has 0 aliphatic rings. The second-order valence-corrected chi connectivity index (χ2v) is 4.25. The molecule has 0 saturated carbocycles. The van der Waals surface area contributed by atoms with E-state index in [0.29, 0.717) is 10.7 Å². The highest BCUT2D eigenvalue weighted by molar-refractivity contribution is 6.02. The molecule has 1 N–H and O–H groups in total. The summed E-state index contributed by atoms with van der Waals surface area (Å²) in [5, 5.41) is 5.64. The van der Waals surface area contributed by atoms with Gasteiger partial charge in [-0.15, -0.1) is 0 Å². The van der Waals surface area contributed by atoms with E-state index in [1.54, 1.807) is 0 Å². The zero-order valence-electron chi connectivity index (χ0n) is 11.4. The molecule has 0 bridgehead atoms. The zero-order valence-corrected chi connectivity index (χ0v) is 11.4. The minimum absolute atomic E-state index is 0.203. The summed E-state index contributed by atoms with van der Waals surface area (Å²) in [5.74, 6) is -1.42. The van der Waals surface area contributed by atoms with E-state index in [9.17, 15) is 26.7 Å². The fourth-order valence-corrected chi connectivity index (χ4v) is 1.66. The number of aromatic nitrogens is 3. The molecule has 0 atom stereocenters. The molecule has 0 radical (unpaired) electrons. The highest BCUT2D eigenvalue weighted by Crippen LogP contribution is 2.30. The van der Waals surface area contributed by atoms with Crippen LogP contribution in [-0.2, 0) is 13.2 Å². The quantitative estimate of drug-likeness (QED) is 0.872. The Hall–Kier alpha value is -2.72. The summed E-state index contributed by atoms with van der Waals surface area (Å²) in [7, 11) is 1.08. The maximum atomic E-state index is 12.6. The lowest BCUT2D eigenvalue weighted by molar-refractivity contribution is -0.143. The number of hydrogen-bond acceptors (Lipinski definition) is 4. The number of ether oxygens (including phenoxy) is 1. The molecule has 0 aliphatic heterocycles. The highest BCUT2D eigenvalue weighted by atomic mass is 19.4. The SMILES string of the molecule is Cn1nc(NC(=O)c2ccc(OC(F)F)cn2)cc1C(F)(F)F. The predicted octanol–water partition coefficient (Wildman–Crippen LogP) is 2.69. The van der Waals surface area contributed by atoms with Gasteiger partial charge in [0.15, 0.2) is 5.82 Å². The van der Waals surface area contributed by atoms with Gasteiger partial charge in [0.05, 0.1) is 6.20 Å². The Labute approximate surface area is 125 Å². The number of rotatable bonds is 4. The number of amides is 1. The first-order chi connectivity index (χ1) is 10.7. The number of alkyl halides is 5.